The molecule has 0 aliphatic heterocycles. The molecule has 0 unspecified atom stereocenters. The molecule has 0 aliphatic rings. The Morgan fingerprint density at radius 2 is 1.00 bits per heavy atom. The fraction of sp³-hybridized carbons (Fsp3) is 0. The largest absolute Gasteiger partial charge is 2.00 e. The zero-order valence-corrected chi connectivity index (χ0v) is 13.1. The molecule has 0 spiro atoms. The van der Waals surface area contributed by atoms with Crippen molar-refractivity contribution in [2.75, 3.05) is 0 Å². The van der Waals surface area contributed by atoms with Crippen molar-refractivity contribution >= 4 is 19.6 Å². The van der Waals surface area contributed by atoms with E-state index < -0.39 is 19.6 Å². The van der Waals surface area contributed by atoms with Gasteiger partial charge in [0, 0.05) is 19.6 Å². The Labute approximate surface area is 125 Å². The Bertz CT molecular complexity index is 164. The second kappa shape index (κ2) is 15.5. The summed E-state index contributed by atoms with van der Waals surface area (Å²) in [6.45, 7) is 0. The first-order valence-corrected chi connectivity index (χ1v) is 3.84. The van der Waals surface area contributed by atoms with Gasteiger partial charge >= 0.3 is 76.2 Å². The fourth-order valence-corrected chi connectivity index (χ4v) is 0. The Balaban J connectivity index is -0.0000000221. The van der Waals surface area contributed by atoms with E-state index in [1.165, 1.54) is 0 Å². The first kappa shape index (κ1) is 29.2. The summed E-state index contributed by atoms with van der Waals surface area (Å²) in [6.07, 6.45) is 0. The normalized spacial score (nSPS) is 6.83. The van der Waals surface area contributed by atoms with E-state index in [-0.39, 0.29) is 76.2 Å². The van der Waals surface area contributed by atoms with E-state index in [1.807, 2.05) is 0 Å². The second-order valence-corrected chi connectivity index (χ2v) is 1.97. The Kier molecular flexibility index (Phi) is 37.7. The van der Waals surface area contributed by atoms with Gasteiger partial charge in [-0.1, -0.05) is 0 Å². The van der Waals surface area contributed by atoms with Gasteiger partial charge in [-0.3, -0.25) is 8.42 Å². The first-order chi connectivity index (χ1) is 3.73. The molecule has 0 aromatic rings. The van der Waals surface area contributed by atoms with Gasteiger partial charge in [0.25, 0.3) is 0 Å². The SMILES string of the molecule is O=S(=O)([O-])[O-].O=[Si]([O-])[O-].[Mn+2].[Na+].[Na+]. The minimum Gasteiger partial charge on any atom is -0.759 e. The van der Waals surface area contributed by atoms with E-state index in [0.29, 0.717) is 0 Å². The zero-order chi connectivity index (χ0) is 8.08. The molecule has 0 atom stereocenters. The predicted octanol–water partition coefficient (Wildman–Crippen LogP) is -10.2. The molecule has 0 aliphatic carbocycles. The maximum absolute atomic E-state index is 8.52. The Morgan fingerprint density at radius 1 is 1.00 bits per heavy atom. The Morgan fingerprint density at radius 3 is 1.00 bits per heavy atom. The average molecular weight is 273 g/mol. The van der Waals surface area contributed by atoms with Gasteiger partial charge in [-0.25, -0.2) is 0 Å². The third-order valence-electron chi connectivity index (χ3n) is 0. The van der Waals surface area contributed by atoms with Crippen LogP contribution in [0.25, 0.3) is 0 Å². The van der Waals surface area contributed by atoms with Crippen LogP contribution >= 0.6 is 0 Å². The van der Waals surface area contributed by atoms with Gasteiger partial charge in [0.05, 0.1) is 0 Å². The van der Waals surface area contributed by atoms with Gasteiger partial charge in [0.1, 0.15) is 0 Å². The van der Waals surface area contributed by atoms with Crippen LogP contribution in [0.15, 0.2) is 0 Å². The molecule has 0 aromatic heterocycles. The van der Waals surface area contributed by atoms with Gasteiger partial charge in [-0.15, -0.1) is 0 Å². The van der Waals surface area contributed by atoms with Crippen LogP contribution in [-0.4, -0.2) is 26.7 Å². The topological polar surface area (TPSA) is 143 Å². The van der Waals surface area contributed by atoms with Crippen LogP contribution < -0.4 is 68.7 Å². The third kappa shape index (κ3) is 361. The van der Waals surface area contributed by atoms with Crippen LogP contribution in [0.4, 0.5) is 0 Å². The molecule has 7 nitrogen and oxygen atoms in total. The van der Waals surface area contributed by atoms with Gasteiger partial charge in [0.15, 0.2) is 0 Å². The van der Waals surface area contributed by atoms with E-state index in [2.05, 4.69) is 0 Å². The number of rotatable bonds is 0. The molecule has 0 aromatic carbocycles. The van der Waals surface area contributed by atoms with Crippen molar-refractivity contribution in [3.05, 3.63) is 0 Å². The maximum atomic E-state index is 8.52. The summed E-state index contributed by atoms with van der Waals surface area (Å²) in [5, 5.41) is 0. The zero-order valence-electron chi connectivity index (χ0n) is 6.14. The van der Waals surface area contributed by atoms with Gasteiger partial charge < -0.3 is 23.2 Å². The summed E-state index contributed by atoms with van der Waals surface area (Å²) in [5.41, 5.74) is 0. The third-order valence-corrected chi connectivity index (χ3v) is 0. The molecule has 0 amide bonds. The van der Waals surface area contributed by atoms with E-state index in [9.17, 15) is 0 Å². The van der Waals surface area contributed by atoms with Crippen molar-refractivity contribution < 1.29 is 108 Å². The van der Waals surface area contributed by atoms with Crippen LogP contribution in [-0.2, 0) is 31.9 Å². The average Bonchev–Trinajstić information content (AvgIpc) is 1.19. The van der Waals surface area contributed by atoms with Crippen LogP contribution in [0.1, 0.15) is 0 Å². The summed E-state index contributed by atoms with van der Waals surface area (Å²) >= 11 is 0. The number of hydrogen-bond donors (Lipinski definition) is 0. The van der Waals surface area contributed by atoms with E-state index in [4.69, 9.17) is 31.6 Å². The molecule has 0 saturated heterocycles. The molecule has 0 fully saturated rings. The minimum absolute atomic E-state index is 0. The van der Waals surface area contributed by atoms with Crippen molar-refractivity contribution in [1.29, 1.82) is 0 Å². The molecule has 0 bridgehead atoms. The predicted molar refractivity (Wildman–Crippen MR) is 16.9 cm³/mol. The quantitative estimate of drug-likeness (QED) is 0.242. The van der Waals surface area contributed by atoms with Crippen molar-refractivity contribution in [3.8, 4) is 0 Å². The van der Waals surface area contributed by atoms with Crippen molar-refractivity contribution in [2.24, 2.45) is 0 Å². The van der Waals surface area contributed by atoms with Gasteiger partial charge in [0.2, 0.25) is 0 Å². The van der Waals surface area contributed by atoms with E-state index in [1.54, 1.807) is 0 Å². The summed E-state index contributed by atoms with van der Waals surface area (Å²) in [6, 6.07) is 0. The molecular formula is MnNa2O7SSi. The van der Waals surface area contributed by atoms with Crippen LogP contribution in [0, 0.1) is 0 Å². The van der Waals surface area contributed by atoms with Gasteiger partial charge in [-0.2, -0.15) is 0 Å². The smallest absolute Gasteiger partial charge is 0.759 e. The van der Waals surface area contributed by atoms with E-state index in [0.717, 1.165) is 0 Å². The molecular weight excluding hydrogens is 273 g/mol. The molecule has 0 heterocycles. The van der Waals surface area contributed by atoms with Crippen LogP contribution in [0.3, 0.4) is 0 Å². The van der Waals surface area contributed by atoms with Crippen molar-refractivity contribution in [2.45, 2.75) is 0 Å². The standard InChI is InChI=1S/Mn.2Na.H2O4S.O3Si/c;;;1-5(2,3)4;1-4(2)3/h;;;(H2,1,2,3,4);/q+2;2*+1;;-2/p-2. The summed E-state index contributed by atoms with van der Waals surface area (Å²) in [4.78, 5) is 17.0. The molecule has 12 heavy (non-hydrogen) atoms. The Hall–Kier alpha value is 2.01. The summed E-state index contributed by atoms with van der Waals surface area (Å²) in [7, 11) is -8.80. The maximum Gasteiger partial charge on any atom is 2.00 e. The monoisotopic (exact) mass is 273 g/mol. The van der Waals surface area contributed by atoms with Crippen molar-refractivity contribution in [1.82, 2.24) is 0 Å². The minimum atomic E-state index is -5.17. The van der Waals surface area contributed by atoms with Crippen molar-refractivity contribution in [3.63, 3.8) is 0 Å². The molecule has 0 rings (SSSR count). The molecule has 0 saturated carbocycles. The number of hydrogen-bond acceptors (Lipinski definition) is 7. The molecule has 1 radical (unpaired) electrons. The van der Waals surface area contributed by atoms with Crippen LogP contribution in [0.2, 0.25) is 0 Å². The molecule has 0 N–H and O–H groups in total. The van der Waals surface area contributed by atoms with Crippen LogP contribution in [0.5, 0.6) is 0 Å². The molecule has 12 heteroatoms. The summed E-state index contributed by atoms with van der Waals surface area (Å²) in [5.74, 6) is 0. The van der Waals surface area contributed by atoms with Gasteiger partial charge in [-0.05, 0) is 0 Å². The van der Waals surface area contributed by atoms with E-state index >= 15 is 0 Å². The fourth-order valence-electron chi connectivity index (χ4n) is 0. The molecule has 61 valence electrons. The first-order valence-electron chi connectivity index (χ1n) is 1.28. The second-order valence-electron chi connectivity index (χ2n) is 0.658. The summed E-state index contributed by atoms with van der Waals surface area (Å²) < 4.78 is 42.6.